The van der Waals surface area contributed by atoms with Gasteiger partial charge in [-0.3, -0.25) is 19.2 Å². The van der Waals surface area contributed by atoms with E-state index in [0.29, 0.717) is 30.3 Å². The van der Waals surface area contributed by atoms with Crippen LogP contribution in [-0.2, 0) is 31.3 Å². The number of nitrogens with one attached hydrogen (secondary N) is 2. The van der Waals surface area contributed by atoms with E-state index in [2.05, 4.69) is 15.6 Å². The number of amides is 4. The average Bonchev–Trinajstić information content (AvgIpc) is 3.23. The Morgan fingerprint density at radius 3 is 2.19 bits per heavy atom. The fourth-order valence-corrected chi connectivity index (χ4v) is 7.55. The summed E-state index contributed by atoms with van der Waals surface area (Å²) in [5, 5.41) is 4.76. The van der Waals surface area contributed by atoms with Gasteiger partial charge in [-0.2, -0.15) is 9.30 Å². The van der Waals surface area contributed by atoms with Gasteiger partial charge in [-0.05, 0) is 66.6 Å². The van der Waals surface area contributed by atoms with Crippen molar-refractivity contribution in [2.24, 2.45) is 16.8 Å². The topological polar surface area (TPSA) is 162 Å². The van der Waals surface area contributed by atoms with E-state index in [-0.39, 0.29) is 28.3 Å². The maximum atomic E-state index is 13.4. The van der Waals surface area contributed by atoms with E-state index in [1.165, 1.54) is 67.0 Å². The van der Waals surface area contributed by atoms with Gasteiger partial charge in [-0.25, -0.2) is 21.6 Å². The predicted octanol–water partition coefficient (Wildman–Crippen LogP) is 2.77. The van der Waals surface area contributed by atoms with E-state index in [9.17, 15) is 31.2 Å². The Bertz CT molecular complexity index is 1660. The van der Waals surface area contributed by atoms with Crippen LogP contribution in [-0.4, -0.2) is 71.1 Å². The van der Waals surface area contributed by atoms with Crippen LogP contribution in [0.15, 0.2) is 52.4 Å². The first-order chi connectivity index (χ1) is 19.8. The van der Waals surface area contributed by atoms with E-state index in [4.69, 9.17) is 0 Å². The summed E-state index contributed by atoms with van der Waals surface area (Å²) >= 11 is 0. The molecule has 0 spiro atoms. The highest BCUT2D eigenvalue weighted by Gasteiger charge is 2.34. The van der Waals surface area contributed by atoms with Gasteiger partial charge in [-0.1, -0.05) is 25.3 Å². The van der Waals surface area contributed by atoms with E-state index < -0.39 is 37.9 Å². The van der Waals surface area contributed by atoms with Crippen molar-refractivity contribution in [1.82, 2.24) is 9.62 Å². The van der Waals surface area contributed by atoms with E-state index in [1.807, 2.05) is 0 Å². The van der Waals surface area contributed by atoms with Gasteiger partial charge < -0.3 is 5.32 Å². The molecule has 2 aromatic rings. The minimum atomic E-state index is -3.73. The second kappa shape index (κ2) is 11.6. The first-order valence-electron chi connectivity index (χ1n) is 13.7. The molecule has 12 nitrogen and oxygen atoms in total. The first kappa shape index (κ1) is 29.9. The van der Waals surface area contributed by atoms with Crippen molar-refractivity contribution in [1.29, 1.82) is 0 Å². The number of hydrogen-bond acceptors (Lipinski definition) is 7. The van der Waals surface area contributed by atoms with Crippen LogP contribution >= 0.6 is 0 Å². The van der Waals surface area contributed by atoms with Gasteiger partial charge in [0, 0.05) is 32.2 Å². The molecule has 1 aliphatic carbocycles. The molecule has 0 aromatic heterocycles. The molecule has 1 saturated carbocycles. The van der Waals surface area contributed by atoms with Crippen LogP contribution in [0.5, 0.6) is 0 Å². The number of sulfonamides is 2. The second-order valence-electron chi connectivity index (χ2n) is 11.0. The van der Waals surface area contributed by atoms with Gasteiger partial charge in [0.05, 0.1) is 22.4 Å². The summed E-state index contributed by atoms with van der Waals surface area (Å²) in [5.74, 6) is 0.0427. The molecule has 4 amide bonds. The fraction of sp³-hybridized carbons (Fsp3) is 0.429. The quantitative estimate of drug-likeness (QED) is 0.438. The third kappa shape index (κ3) is 6.25. The molecule has 2 aliphatic heterocycles. The molecule has 2 N–H and O–H groups in total. The average molecular weight is 616 g/mol. The lowest BCUT2D eigenvalue weighted by Crippen LogP contribution is -2.41. The molecule has 14 heteroatoms. The zero-order valence-corrected chi connectivity index (χ0v) is 25.0. The Hall–Kier alpha value is -3.62. The van der Waals surface area contributed by atoms with Crippen molar-refractivity contribution in [3.8, 4) is 0 Å². The van der Waals surface area contributed by atoms with Crippen LogP contribution < -0.4 is 14.9 Å². The lowest BCUT2D eigenvalue weighted by molar-refractivity contribution is -0.113. The molecule has 0 radical (unpaired) electrons. The third-order valence-electron chi connectivity index (χ3n) is 8.30. The summed E-state index contributed by atoms with van der Waals surface area (Å²) in [6, 6.07) is 9.48. The molecular weight excluding hydrogens is 582 g/mol. The maximum absolute atomic E-state index is 13.4. The first-order valence-corrected chi connectivity index (χ1v) is 17.0. The van der Waals surface area contributed by atoms with Crippen molar-refractivity contribution < 1.29 is 31.2 Å². The second-order valence-corrected chi connectivity index (χ2v) is 14.9. The SMILES string of the molecule is CN(c1ccc(CC2=NC(=O)NC2=O)cc1C(=O)Nc1ccc(S(=O)(=O)N2CCC(C3CCC3)CC2)cc1)S(C)(=O)=O. The molecule has 2 aromatic carbocycles. The number of imide groups is 1. The van der Waals surface area contributed by atoms with E-state index >= 15 is 0 Å². The van der Waals surface area contributed by atoms with Crippen molar-refractivity contribution in [3.05, 3.63) is 53.6 Å². The summed E-state index contributed by atoms with van der Waals surface area (Å²) in [6.45, 7) is 0.994. The van der Waals surface area contributed by atoms with Gasteiger partial charge in [0.2, 0.25) is 20.0 Å². The van der Waals surface area contributed by atoms with Crippen molar-refractivity contribution in [3.63, 3.8) is 0 Å². The summed E-state index contributed by atoms with van der Waals surface area (Å²) < 4.78 is 53.5. The summed E-state index contributed by atoms with van der Waals surface area (Å²) in [5.41, 5.74) is 0.830. The smallest absolute Gasteiger partial charge is 0.322 e. The number of anilines is 2. The fourth-order valence-electron chi connectivity index (χ4n) is 5.57. The van der Waals surface area contributed by atoms with Gasteiger partial charge in [0.15, 0.2) is 0 Å². The van der Waals surface area contributed by atoms with Crippen molar-refractivity contribution in [2.45, 2.75) is 43.4 Å². The number of carbonyl (C=O) groups excluding carboxylic acids is 3. The number of aliphatic imine (C=N–C) groups is 1. The zero-order chi connectivity index (χ0) is 30.2. The standard InChI is InChI=1S/C28H33N5O7S2/c1-32(41(2,37)38)25-11-6-18(17-24-27(35)31-28(36)30-24)16-23(25)26(34)29-21-7-9-22(10-8-21)42(39,40)33-14-12-20(13-15-33)19-4-3-5-19/h6-11,16,19-20H,3-5,12-15,17H2,1-2H3,(H,29,34)(H,31,35,36). The molecule has 2 heterocycles. The summed E-state index contributed by atoms with van der Waals surface area (Å²) in [4.78, 5) is 40.5. The normalized spacial score (nSPS) is 18.8. The number of carbonyl (C=O) groups is 3. The van der Waals surface area contributed by atoms with Gasteiger partial charge in [-0.15, -0.1) is 0 Å². The van der Waals surface area contributed by atoms with Crippen LogP contribution in [0.1, 0.15) is 48.0 Å². The van der Waals surface area contributed by atoms with Crippen LogP contribution in [0.25, 0.3) is 0 Å². The molecule has 0 unspecified atom stereocenters. The molecule has 0 atom stereocenters. The molecule has 1 saturated heterocycles. The summed E-state index contributed by atoms with van der Waals surface area (Å²) in [7, 11) is -6.10. The molecule has 3 aliphatic rings. The van der Waals surface area contributed by atoms with E-state index in [1.54, 1.807) is 6.07 Å². The summed E-state index contributed by atoms with van der Waals surface area (Å²) in [6.07, 6.45) is 6.45. The minimum absolute atomic E-state index is 0.00297. The van der Waals surface area contributed by atoms with Crippen LogP contribution in [0.3, 0.4) is 0 Å². The molecule has 2 fully saturated rings. The Balaban J connectivity index is 1.33. The van der Waals surface area contributed by atoms with Gasteiger partial charge in [0.1, 0.15) is 5.71 Å². The van der Waals surface area contributed by atoms with Crippen LogP contribution in [0, 0.1) is 11.8 Å². The number of piperidine rings is 1. The number of rotatable bonds is 9. The van der Waals surface area contributed by atoms with Gasteiger partial charge >= 0.3 is 6.03 Å². The number of hydrogen-bond donors (Lipinski definition) is 2. The number of benzene rings is 2. The number of nitrogens with zero attached hydrogens (tertiary/aromatic N) is 3. The number of urea groups is 1. The molecule has 0 bridgehead atoms. The Labute approximate surface area is 245 Å². The van der Waals surface area contributed by atoms with Crippen LogP contribution in [0.4, 0.5) is 16.2 Å². The Morgan fingerprint density at radius 2 is 1.64 bits per heavy atom. The van der Waals surface area contributed by atoms with Crippen LogP contribution in [0.2, 0.25) is 0 Å². The van der Waals surface area contributed by atoms with Crippen molar-refractivity contribution >= 4 is 55.0 Å². The molecule has 224 valence electrons. The molecule has 42 heavy (non-hydrogen) atoms. The molecular formula is C28H33N5O7S2. The Kier molecular flexibility index (Phi) is 8.23. The van der Waals surface area contributed by atoms with Crippen molar-refractivity contribution in [2.75, 3.05) is 36.0 Å². The monoisotopic (exact) mass is 615 g/mol. The highest BCUT2D eigenvalue weighted by molar-refractivity contribution is 7.92. The Morgan fingerprint density at radius 1 is 1.00 bits per heavy atom. The highest BCUT2D eigenvalue weighted by atomic mass is 32.2. The largest absolute Gasteiger partial charge is 0.348 e. The minimum Gasteiger partial charge on any atom is -0.322 e. The van der Waals surface area contributed by atoms with Gasteiger partial charge in [0.25, 0.3) is 11.8 Å². The zero-order valence-electron chi connectivity index (χ0n) is 23.4. The molecule has 5 rings (SSSR count). The lowest BCUT2D eigenvalue weighted by Gasteiger charge is -2.39. The maximum Gasteiger partial charge on any atom is 0.348 e. The third-order valence-corrected chi connectivity index (χ3v) is 11.4. The van der Waals surface area contributed by atoms with E-state index in [0.717, 1.165) is 29.3 Å². The highest BCUT2D eigenvalue weighted by Crippen LogP contribution is 2.39. The lowest BCUT2D eigenvalue weighted by atomic mass is 9.72. The predicted molar refractivity (Wildman–Crippen MR) is 158 cm³/mol.